The van der Waals surface area contributed by atoms with Gasteiger partial charge in [0.2, 0.25) is 0 Å². The Morgan fingerprint density at radius 3 is 2.71 bits per heavy atom. The van der Waals surface area contributed by atoms with Crippen molar-refractivity contribution in [2.24, 2.45) is 0 Å². The monoisotopic (exact) mass is 253 g/mol. The Morgan fingerprint density at radius 1 is 1.47 bits per heavy atom. The lowest BCUT2D eigenvalue weighted by Gasteiger charge is -2.12. The smallest absolute Gasteiger partial charge is 0.341 e. The zero-order valence-electron chi connectivity index (χ0n) is 10.4. The first-order valence-electron chi connectivity index (χ1n) is 6.17. The van der Waals surface area contributed by atoms with E-state index in [-0.39, 0.29) is 12.1 Å². The first-order chi connectivity index (χ1) is 8.09. The molecule has 0 unspecified atom stereocenters. The van der Waals surface area contributed by atoms with E-state index in [1.54, 1.807) is 0 Å². The molecule has 0 bridgehead atoms. The average Bonchev–Trinajstić information content (AvgIpc) is 2.84. The highest BCUT2D eigenvalue weighted by molar-refractivity contribution is 7.14. The van der Waals surface area contributed by atoms with E-state index in [4.69, 9.17) is 10.5 Å². The van der Waals surface area contributed by atoms with E-state index < -0.39 is 0 Å². The van der Waals surface area contributed by atoms with Crippen LogP contribution in [0.25, 0.3) is 0 Å². The van der Waals surface area contributed by atoms with E-state index in [0.717, 1.165) is 18.4 Å². The summed E-state index contributed by atoms with van der Waals surface area (Å²) in [4.78, 5) is 12.0. The highest BCUT2D eigenvalue weighted by atomic mass is 32.1. The number of carbonyl (C=O) groups is 1. The van der Waals surface area contributed by atoms with Gasteiger partial charge in [-0.15, -0.1) is 11.3 Å². The number of anilines is 1. The molecule has 4 heteroatoms. The van der Waals surface area contributed by atoms with E-state index >= 15 is 0 Å². The minimum atomic E-state index is -0.263. The lowest BCUT2D eigenvalue weighted by atomic mass is 9.96. The van der Waals surface area contributed by atoms with Crippen LogP contribution in [0, 0.1) is 0 Å². The van der Waals surface area contributed by atoms with Gasteiger partial charge in [-0.2, -0.15) is 0 Å². The summed E-state index contributed by atoms with van der Waals surface area (Å²) in [5, 5.41) is 2.62. The number of nitrogens with two attached hydrogens (primary N) is 1. The predicted molar refractivity (Wildman–Crippen MR) is 70.5 cm³/mol. The molecule has 0 radical (unpaired) electrons. The number of carbonyl (C=O) groups excluding carboxylic acids is 1. The van der Waals surface area contributed by atoms with Gasteiger partial charge in [0.25, 0.3) is 0 Å². The quantitative estimate of drug-likeness (QED) is 0.838. The van der Waals surface area contributed by atoms with Gasteiger partial charge in [-0.25, -0.2) is 4.79 Å². The molecule has 0 aromatic carbocycles. The summed E-state index contributed by atoms with van der Waals surface area (Å²) in [6.45, 7) is 3.71. The van der Waals surface area contributed by atoms with E-state index in [9.17, 15) is 4.79 Å². The maximum absolute atomic E-state index is 12.0. The van der Waals surface area contributed by atoms with Crippen molar-refractivity contribution in [3.63, 3.8) is 0 Å². The molecule has 1 heterocycles. The fourth-order valence-electron chi connectivity index (χ4n) is 2.42. The van der Waals surface area contributed by atoms with E-state index in [1.807, 2.05) is 19.2 Å². The Labute approximate surface area is 106 Å². The van der Waals surface area contributed by atoms with Crippen molar-refractivity contribution in [1.82, 2.24) is 0 Å². The first-order valence-corrected chi connectivity index (χ1v) is 7.05. The summed E-state index contributed by atoms with van der Waals surface area (Å²) in [6.07, 6.45) is 4.73. The molecule has 0 atom stereocenters. The first kappa shape index (κ1) is 12.4. The average molecular weight is 253 g/mol. The number of thiophene rings is 1. The fourth-order valence-corrected chi connectivity index (χ4v) is 3.30. The number of nitrogen functional groups attached to an aromatic ring is 1. The molecule has 1 aliphatic rings. The van der Waals surface area contributed by atoms with Crippen LogP contribution in [-0.2, 0) is 4.74 Å². The molecule has 0 aliphatic heterocycles. The Balaban J connectivity index is 2.25. The van der Waals surface area contributed by atoms with Crippen LogP contribution in [0.15, 0.2) is 5.38 Å². The van der Waals surface area contributed by atoms with Crippen LogP contribution in [0.3, 0.4) is 0 Å². The van der Waals surface area contributed by atoms with Gasteiger partial charge in [0.05, 0.1) is 11.7 Å². The highest BCUT2D eigenvalue weighted by Crippen LogP contribution is 2.40. The van der Waals surface area contributed by atoms with Gasteiger partial charge >= 0.3 is 5.97 Å². The third kappa shape index (κ3) is 2.63. The van der Waals surface area contributed by atoms with Crippen LogP contribution in [0.2, 0.25) is 0 Å². The van der Waals surface area contributed by atoms with Gasteiger partial charge in [0.1, 0.15) is 5.00 Å². The van der Waals surface area contributed by atoms with Crippen molar-refractivity contribution in [3.05, 3.63) is 16.5 Å². The minimum absolute atomic E-state index is 0.0989. The third-order valence-electron chi connectivity index (χ3n) is 3.19. The van der Waals surface area contributed by atoms with Crippen molar-refractivity contribution >= 4 is 22.3 Å². The summed E-state index contributed by atoms with van der Waals surface area (Å²) in [6, 6.07) is 0. The molecule has 94 valence electrons. The Hall–Kier alpha value is -1.03. The molecule has 0 spiro atoms. The number of rotatable bonds is 3. The van der Waals surface area contributed by atoms with Crippen LogP contribution in [0.1, 0.15) is 61.4 Å². The highest BCUT2D eigenvalue weighted by Gasteiger charge is 2.27. The molecule has 1 fully saturated rings. The van der Waals surface area contributed by atoms with Crippen molar-refractivity contribution in [2.75, 3.05) is 5.73 Å². The second kappa shape index (κ2) is 5.08. The molecule has 17 heavy (non-hydrogen) atoms. The molecular weight excluding hydrogens is 234 g/mol. The molecule has 1 saturated carbocycles. The number of ether oxygens (including phenoxy) is 1. The normalized spacial score (nSPS) is 16.6. The van der Waals surface area contributed by atoms with Crippen LogP contribution >= 0.6 is 11.3 Å². The fraction of sp³-hybridized carbons (Fsp3) is 0.615. The second-order valence-corrected chi connectivity index (χ2v) is 5.78. The largest absolute Gasteiger partial charge is 0.459 e. The Kier molecular flexibility index (Phi) is 3.72. The predicted octanol–water partition coefficient (Wildman–Crippen LogP) is 3.55. The number of hydrogen-bond donors (Lipinski definition) is 1. The minimum Gasteiger partial charge on any atom is -0.459 e. The maximum Gasteiger partial charge on any atom is 0.341 e. The van der Waals surface area contributed by atoms with Gasteiger partial charge in [-0.1, -0.05) is 12.8 Å². The van der Waals surface area contributed by atoms with Gasteiger partial charge in [0.15, 0.2) is 0 Å². The Morgan fingerprint density at radius 2 is 2.12 bits per heavy atom. The van der Waals surface area contributed by atoms with Crippen molar-refractivity contribution in [2.45, 2.75) is 51.6 Å². The van der Waals surface area contributed by atoms with Crippen molar-refractivity contribution < 1.29 is 9.53 Å². The lowest BCUT2D eigenvalue weighted by Crippen LogP contribution is -2.14. The topological polar surface area (TPSA) is 52.3 Å². The maximum atomic E-state index is 12.0. The molecule has 3 nitrogen and oxygen atoms in total. The van der Waals surface area contributed by atoms with E-state index in [0.29, 0.717) is 16.5 Å². The molecule has 1 aliphatic carbocycles. The standard InChI is InChI=1S/C13H19NO2S/c1-8(2)16-13(15)11-10(7-17-12(11)14)9-5-3-4-6-9/h7-9H,3-6,14H2,1-2H3. The molecule has 0 amide bonds. The van der Waals surface area contributed by atoms with Gasteiger partial charge < -0.3 is 10.5 Å². The zero-order valence-corrected chi connectivity index (χ0v) is 11.2. The van der Waals surface area contributed by atoms with Crippen LogP contribution in [-0.4, -0.2) is 12.1 Å². The third-order valence-corrected chi connectivity index (χ3v) is 4.02. The van der Waals surface area contributed by atoms with Crippen molar-refractivity contribution in [3.8, 4) is 0 Å². The van der Waals surface area contributed by atoms with Gasteiger partial charge in [0, 0.05) is 0 Å². The summed E-state index contributed by atoms with van der Waals surface area (Å²) < 4.78 is 5.26. The summed E-state index contributed by atoms with van der Waals surface area (Å²) in [5.41, 5.74) is 7.63. The summed E-state index contributed by atoms with van der Waals surface area (Å²) in [5.74, 6) is 0.235. The second-order valence-electron chi connectivity index (χ2n) is 4.87. The molecule has 1 aromatic rings. The number of esters is 1. The molecular formula is C13H19NO2S. The van der Waals surface area contributed by atoms with Crippen LogP contribution < -0.4 is 5.73 Å². The summed E-state index contributed by atoms with van der Waals surface area (Å²) in [7, 11) is 0. The SMILES string of the molecule is CC(C)OC(=O)c1c(C2CCCC2)csc1N. The van der Waals surface area contributed by atoms with E-state index in [1.165, 1.54) is 24.2 Å². The van der Waals surface area contributed by atoms with Gasteiger partial charge in [-0.3, -0.25) is 0 Å². The van der Waals surface area contributed by atoms with Crippen molar-refractivity contribution in [1.29, 1.82) is 0 Å². The van der Waals surface area contributed by atoms with Crippen LogP contribution in [0.4, 0.5) is 5.00 Å². The van der Waals surface area contributed by atoms with Gasteiger partial charge in [-0.05, 0) is 43.6 Å². The molecule has 2 rings (SSSR count). The van der Waals surface area contributed by atoms with Crippen LogP contribution in [0.5, 0.6) is 0 Å². The summed E-state index contributed by atoms with van der Waals surface area (Å²) >= 11 is 1.45. The molecule has 1 aromatic heterocycles. The Bertz CT molecular complexity index is 406. The molecule has 2 N–H and O–H groups in total. The molecule has 0 saturated heterocycles. The van der Waals surface area contributed by atoms with E-state index in [2.05, 4.69) is 0 Å². The lowest BCUT2D eigenvalue weighted by molar-refractivity contribution is 0.0378. The number of hydrogen-bond acceptors (Lipinski definition) is 4. The zero-order chi connectivity index (χ0) is 12.4.